The molecule has 0 heterocycles. The van der Waals surface area contributed by atoms with E-state index in [1.807, 2.05) is 25.1 Å². The molecule has 2 atom stereocenters. The Balaban J connectivity index is 2.57. The normalized spacial score (nSPS) is 13.8. The summed E-state index contributed by atoms with van der Waals surface area (Å²) >= 11 is 0. The third-order valence-electron chi connectivity index (χ3n) is 3.35. The lowest BCUT2D eigenvalue weighted by Crippen LogP contribution is -2.32. The molecule has 6 heteroatoms. The summed E-state index contributed by atoms with van der Waals surface area (Å²) in [6, 6.07) is 5.91. The molecule has 4 N–H and O–H groups in total. The van der Waals surface area contributed by atoms with E-state index in [1.54, 1.807) is 13.8 Å². The van der Waals surface area contributed by atoms with Crippen LogP contribution in [0.2, 0.25) is 0 Å². The second kappa shape index (κ2) is 10.4. The number of anilines is 2. The molecule has 0 saturated heterocycles. The number of ether oxygens (including phenoxy) is 2. The van der Waals surface area contributed by atoms with Crippen LogP contribution < -0.4 is 10.6 Å². The second-order valence-electron chi connectivity index (χ2n) is 5.88. The average Bonchev–Trinajstić information content (AvgIpc) is 2.48. The highest BCUT2D eigenvalue weighted by Crippen LogP contribution is 2.20. The van der Waals surface area contributed by atoms with E-state index in [0.717, 1.165) is 16.9 Å². The minimum absolute atomic E-state index is 0.327. The van der Waals surface area contributed by atoms with Crippen LogP contribution in [-0.2, 0) is 9.47 Å². The van der Waals surface area contributed by atoms with Crippen LogP contribution in [0.15, 0.2) is 18.2 Å². The molecule has 0 amide bonds. The second-order valence-corrected chi connectivity index (χ2v) is 5.88. The summed E-state index contributed by atoms with van der Waals surface area (Å²) in [6.45, 7) is 8.44. The summed E-state index contributed by atoms with van der Waals surface area (Å²) < 4.78 is 10.9. The third kappa shape index (κ3) is 8.18. The van der Waals surface area contributed by atoms with Gasteiger partial charge in [0.2, 0.25) is 0 Å². The fourth-order valence-electron chi connectivity index (χ4n) is 2.08. The number of benzene rings is 1. The van der Waals surface area contributed by atoms with E-state index >= 15 is 0 Å². The maximum atomic E-state index is 9.23. The van der Waals surface area contributed by atoms with Gasteiger partial charge < -0.3 is 30.3 Å². The number of hydrogen-bond acceptors (Lipinski definition) is 6. The molecule has 0 spiro atoms. The van der Waals surface area contributed by atoms with Crippen LogP contribution in [0.3, 0.4) is 0 Å². The largest absolute Gasteiger partial charge is 0.399 e. The number of nitrogens with two attached hydrogens (primary N) is 1. The van der Waals surface area contributed by atoms with Crippen LogP contribution in [-0.4, -0.2) is 61.9 Å². The Morgan fingerprint density at radius 1 is 1.04 bits per heavy atom. The van der Waals surface area contributed by atoms with Gasteiger partial charge in [0.25, 0.3) is 0 Å². The van der Waals surface area contributed by atoms with Crippen molar-refractivity contribution in [1.82, 2.24) is 0 Å². The zero-order chi connectivity index (χ0) is 17.2. The molecule has 1 aromatic rings. The monoisotopic (exact) mass is 326 g/mol. The Morgan fingerprint density at radius 2 is 1.57 bits per heavy atom. The van der Waals surface area contributed by atoms with Crippen molar-refractivity contribution in [3.63, 3.8) is 0 Å². The molecule has 2 unspecified atom stereocenters. The molecular weight excluding hydrogens is 296 g/mol. The van der Waals surface area contributed by atoms with Gasteiger partial charge in [-0.1, -0.05) is 0 Å². The van der Waals surface area contributed by atoms with Crippen LogP contribution in [0, 0.1) is 6.92 Å². The first kappa shape index (κ1) is 19.7. The van der Waals surface area contributed by atoms with E-state index in [2.05, 4.69) is 4.90 Å². The third-order valence-corrected chi connectivity index (χ3v) is 3.35. The van der Waals surface area contributed by atoms with Crippen molar-refractivity contribution < 1.29 is 19.7 Å². The van der Waals surface area contributed by atoms with Gasteiger partial charge in [0.15, 0.2) is 0 Å². The number of aliphatic hydroxyl groups excluding tert-OH is 2. The molecule has 0 radical (unpaired) electrons. The molecule has 1 aromatic carbocycles. The van der Waals surface area contributed by atoms with Crippen molar-refractivity contribution in [1.29, 1.82) is 0 Å². The zero-order valence-corrected chi connectivity index (χ0v) is 14.4. The van der Waals surface area contributed by atoms with E-state index < -0.39 is 12.2 Å². The molecule has 0 aliphatic rings. The molecule has 23 heavy (non-hydrogen) atoms. The predicted molar refractivity (Wildman–Crippen MR) is 92.8 cm³/mol. The highest BCUT2D eigenvalue weighted by atomic mass is 16.5. The topological polar surface area (TPSA) is 88.2 Å². The van der Waals surface area contributed by atoms with Crippen molar-refractivity contribution in [2.45, 2.75) is 33.0 Å². The van der Waals surface area contributed by atoms with Crippen LogP contribution in [0.25, 0.3) is 0 Å². The molecule has 0 aliphatic carbocycles. The predicted octanol–water partition coefficient (Wildman–Crippen LogP) is 1.18. The summed E-state index contributed by atoms with van der Waals surface area (Å²) in [5, 5.41) is 18.5. The Morgan fingerprint density at radius 3 is 2.00 bits per heavy atom. The summed E-state index contributed by atoms with van der Waals surface area (Å²) in [4.78, 5) is 2.15. The van der Waals surface area contributed by atoms with Crippen LogP contribution in [0.1, 0.15) is 19.4 Å². The average molecular weight is 326 g/mol. The van der Waals surface area contributed by atoms with Crippen molar-refractivity contribution in [3.05, 3.63) is 23.8 Å². The Hall–Kier alpha value is -1.34. The van der Waals surface area contributed by atoms with Gasteiger partial charge in [-0.15, -0.1) is 0 Å². The van der Waals surface area contributed by atoms with Gasteiger partial charge in [-0.05, 0) is 44.5 Å². The van der Waals surface area contributed by atoms with Gasteiger partial charge in [0.05, 0.1) is 38.6 Å². The van der Waals surface area contributed by atoms with Crippen molar-refractivity contribution in [2.24, 2.45) is 0 Å². The molecular formula is C17H30N2O4. The molecule has 0 saturated carbocycles. The maximum Gasteiger partial charge on any atom is 0.0745 e. The quantitative estimate of drug-likeness (QED) is 0.418. The summed E-state index contributed by atoms with van der Waals surface area (Å²) in [6.07, 6.45) is -0.923. The number of aryl methyl sites for hydroxylation is 1. The fraction of sp³-hybridized carbons (Fsp3) is 0.647. The molecule has 0 aliphatic heterocycles. The minimum atomic E-state index is -0.461. The van der Waals surface area contributed by atoms with E-state index in [9.17, 15) is 10.2 Å². The minimum Gasteiger partial charge on any atom is -0.399 e. The van der Waals surface area contributed by atoms with Crippen LogP contribution >= 0.6 is 0 Å². The number of aliphatic hydroxyl groups is 2. The number of nitrogens with zero attached hydrogens (tertiary/aromatic N) is 1. The summed E-state index contributed by atoms with van der Waals surface area (Å²) in [5.74, 6) is 0. The Labute approximate surface area is 138 Å². The number of rotatable bonds is 11. The highest BCUT2D eigenvalue weighted by molar-refractivity contribution is 5.58. The lowest BCUT2D eigenvalue weighted by atomic mass is 10.1. The van der Waals surface area contributed by atoms with Gasteiger partial charge >= 0.3 is 0 Å². The molecule has 6 nitrogen and oxygen atoms in total. The molecule has 132 valence electrons. The van der Waals surface area contributed by atoms with Gasteiger partial charge in [-0.2, -0.15) is 0 Å². The van der Waals surface area contributed by atoms with E-state index in [4.69, 9.17) is 15.2 Å². The molecule has 1 rings (SSSR count). The summed E-state index contributed by atoms with van der Waals surface area (Å²) in [5.41, 5.74) is 8.73. The first-order valence-electron chi connectivity index (χ1n) is 8.03. The van der Waals surface area contributed by atoms with Gasteiger partial charge in [-0.25, -0.2) is 0 Å². The lowest BCUT2D eigenvalue weighted by Gasteiger charge is -2.25. The number of nitrogen functional groups attached to an aromatic ring is 1. The van der Waals surface area contributed by atoms with Crippen LogP contribution in [0.5, 0.6) is 0 Å². The van der Waals surface area contributed by atoms with Gasteiger partial charge in [0.1, 0.15) is 0 Å². The fourth-order valence-corrected chi connectivity index (χ4v) is 2.08. The smallest absolute Gasteiger partial charge is 0.0745 e. The number of hydrogen-bond donors (Lipinski definition) is 3. The van der Waals surface area contributed by atoms with E-state index in [1.165, 1.54) is 0 Å². The summed E-state index contributed by atoms with van der Waals surface area (Å²) in [7, 11) is 0. The standard InChI is InChI=1S/C17H30N2O4/c1-13-10-16(4-5-17(13)18)19(6-8-22-11-14(2)20)7-9-23-12-15(3)21/h4-5,10,14-15,20-21H,6-9,11-12,18H2,1-3H3. The van der Waals surface area contributed by atoms with Crippen LogP contribution in [0.4, 0.5) is 11.4 Å². The first-order valence-corrected chi connectivity index (χ1v) is 8.03. The molecule has 0 aromatic heterocycles. The van der Waals surface area contributed by atoms with Crippen molar-refractivity contribution in [2.75, 3.05) is 50.2 Å². The van der Waals surface area contributed by atoms with Crippen molar-refractivity contribution >= 4 is 11.4 Å². The maximum absolute atomic E-state index is 9.23. The Bertz CT molecular complexity index is 436. The first-order chi connectivity index (χ1) is 10.9. The SMILES string of the molecule is Cc1cc(N(CCOCC(C)O)CCOCC(C)O)ccc1N. The lowest BCUT2D eigenvalue weighted by molar-refractivity contribution is 0.0437. The molecule has 0 fully saturated rings. The van der Waals surface area contributed by atoms with Gasteiger partial charge in [-0.3, -0.25) is 0 Å². The van der Waals surface area contributed by atoms with Gasteiger partial charge in [0, 0.05) is 24.5 Å². The highest BCUT2D eigenvalue weighted by Gasteiger charge is 2.09. The Kier molecular flexibility index (Phi) is 8.94. The molecule has 0 bridgehead atoms. The van der Waals surface area contributed by atoms with E-state index in [-0.39, 0.29) is 0 Å². The zero-order valence-electron chi connectivity index (χ0n) is 14.4. The van der Waals surface area contributed by atoms with Crippen molar-refractivity contribution in [3.8, 4) is 0 Å². The van der Waals surface area contributed by atoms with E-state index in [0.29, 0.717) is 39.5 Å².